The molecule has 0 spiro atoms. The van der Waals surface area contributed by atoms with E-state index in [-0.39, 0.29) is 10.8 Å². The van der Waals surface area contributed by atoms with Gasteiger partial charge in [-0.1, -0.05) is 12.2 Å². The zero-order valence-electron chi connectivity index (χ0n) is 8.29. The highest BCUT2D eigenvalue weighted by molar-refractivity contribution is 7.80. The zero-order chi connectivity index (χ0) is 10.8. The number of hydrogen-bond donors (Lipinski definition) is 2. The van der Waals surface area contributed by atoms with Crippen molar-refractivity contribution in [2.24, 2.45) is 11.7 Å². The molecule has 0 radical (unpaired) electrons. The van der Waals surface area contributed by atoms with Crippen molar-refractivity contribution in [3.63, 3.8) is 0 Å². The molecule has 1 fully saturated rings. The summed E-state index contributed by atoms with van der Waals surface area (Å²) in [5.74, 6) is 0.409. The number of benzene rings is 1. The molecule has 80 valence electrons. The average Bonchev–Trinajstić information content (AvgIpc) is 2.97. The van der Waals surface area contributed by atoms with E-state index in [0.29, 0.717) is 5.56 Å². The summed E-state index contributed by atoms with van der Waals surface area (Å²) in [6, 6.07) is 4.86. The fourth-order valence-electron chi connectivity index (χ4n) is 1.41. The summed E-state index contributed by atoms with van der Waals surface area (Å²) < 4.78 is 13.4. The molecule has 4 heteroatoms. The van der Waals surface area contributed by atoms with Crippen LogP contribution in [0.25, 0.3) is 0 Å². The second-order valence-electron chi connectivity index (χ2n) is 3.88. The van der Waals surface area contributed by atoms with Crippen LogP contribution in [0.1, 0.15) is 18.4 Å². The first kappa shape index (κ1) is 10.4. The van der Waals surface area contributed by atoms with Gasteiger partial charge in [0.05, 0.1) is 0 Å². The molecule has 0 saturated heterocycles. The van der Waals surface area contributed by atoms with Crippen LogP contribution in [0.2, 0.25) is 0 Å². The minimum absolute atomic E-state index is 0.0984. The highest BCUT2D eigenvalue weighted by atomic mass is 32.1. The number of thiocarbonyl (C=S) groups is 1. The molecule has 15 heavy (non-hydrogen) atoms. The molecule has 1 aliphatic rings. The van der Waals surface area contributed by atoms with Crippen molar-refractivity contribution in [2.75, 3.05) is 11.9 Å². The first-order valence-corrected chi connectivity index (χ1v) is 5.41. The molecule has 0 unspecified atom stereocenters. The first-order valence-electron chi connectivity index (χ1n) is 5.00. The monoisotopic (exact) mass is 224 g/mol. The number of halogens is 1. The molecule has 3 N–H and O–H groups in total. The molecule has 0 bridgehead atoms. The van der Waals surface area contributed by atoms with E-state index in [2.05, 4.69) is 5.32 Å². The number of hydrogen-bond acceptors (Lipinski definition) is 2. The normalized spacial score (nSPS) is 15.0. The van der Waals surface area contributed by atoms with Gasteiger partial charge in [0.15, 0.2) is 0 Å². The fourth-order valence-corrected chi connectivity index (χ4v) is 1.57. The van der Waals surface area contributed by atoms with Crippen molar-refractivity contribution in [1.82, 2.24) is 0 Å². The van der Waals surface area contributed by atoms with E-state index in [1.54, 1.807) is 12.1 Å². The van der Waals surface area contributed by atoms with Crippen LogP contribution in [-0.2, 0) is 0 Å². The maximum atomic E-state index is 13.4. The molecule has 1 aromatic carbocycles. The summed E-state index contributed by atoms with van der Waals surface area (Å²) in [5, 5.41) is 3.19. The zero-order valence-corrected chi connectivity index (χ0v) is 9.11. The van der Waals surface area contributed by atoms with Crippen molar-refractivity contribution < 1.29 is 4.39 Å². The Hall–Kier alpha value is -1.16. The van der Waals surface area contributed by atoms with Crippen LogP contribution in [0, 0.1) is 11.7 Å². The van der Waals surface area contributed by atoms with Crippen molar-refractivity contribution in [3.05, 3.63) is 29.6 Å². The Morgan fingerprint density at radius 3 is 2.80 bits per heavy atom. The number of nitrogens with two attached hydrogens (primary N) is 1. The van der Waals surface area contributed by atoms with Gasteiger partial charge >= 0.3 is 0 Å². The van der Waals surface area contributed by atoms with Gasteiger partial charge in [-0.2, -0.15) is 0 Å². The number of rotatable bonds is 4. The van der Waals surface area contributed by atoms with Gasteiger partial charge in [-0.15, -0.1) is 0 Å². The van der Waals surface area contributed by atoms with Crippen molar-refractivity contribution in [3.8, 4) is 0 Å². The summed E-state index contributed by atoms with van der Waals surface area (Å²) in [7, 11) is 0. The maximum absolute atomic E-state index is 13.4. The van der Waals surface area contributed by atoms with Gasteiger partial charge in [-0.3, -0.25) is 0 Å². The minimum atomic E-state index is -0.358. The van der Waals surface area contributed by atoms with Gasteiger partial charge in [-0.05, 0) is 37.0 Å². The van der Waals surface area contributed by atoms with E-state index < -0.39 is 0 Å². The van der Waals surface area contributed by atoms with Crippen molar-refractivity contribution >= 4 is 22.9 Å². The minimum Gasteiger partial charge on any atom is -0.389 e. The Morgan fingerprint density at radius 2 is 2.27 bits per heavy atom. The lowest BCUT2D eigenvalue weighted by Gasteiger charge is -2.07. The molecule has 1 saturated carbocycles. The SMILES string of the molecule is NC(=S)c1ccc(NCC2CC2)cc1F. The van der Waals surface area contributed by atoms with E-state index in [4.69, 9.17) is 18.0 Å². The number of anilines is 1. The van der Waals surface area contributed by atoms with Crippen LogP contribution < -0.4 is 11.1 Å². The molecule has 0 amide bonds. The van der Waals surface area contributed by atoms with Crippen LogP contribution in [0.15, 0.2) is 18.2 Å². The van der Waals surface area contributed by atoms with E-state index in [1.807, 2.05) is 0 Å². The Morgan fingerprint density at radius 1 is 1.53 bits per heavy atom. The quantitative estimate of drug-likeness (QED) is 0.771. The smallest absolute Gasteiger partial charge is 0.135 e. The Labute approximate surface area is 93.7 Å². The lowest BCUT2D eigenvalue weighted by molar-refractivity contribution is 0.626. The predicted molar refractivity (Wildman–Crippen MR) is 63.5 cm³/mol. The van der Waals surface area contributed by atoms with Gasteiger partial charge in [-0.25, -0.2) is 4.39 Å². The third-order valence-corrected chi connectivity index (χ3v) is 2.75. The Kier molecular flexibility index (Phi) is 2.86. The molecule has 2 nitrogen and oxygen atoms in total. The molecule has 1 aliphatic carbocycles. The van der Waals surface area contributed by atoms with Gasteiger partial charge in [0.25, 0.3) is 0 Å². The van der Waals surface area contributed by atoms with Gasteiger partial charge in [0.1, 0.15) is 10.8 Å². The van der Waals surface area contributed by atoms with Crippen LogP contribution in [0.3, 0.4) is 0 Å². The van der Waals surface area contributed by atoms with Crippen LogP contribution in [0.5, 0.6) is 0 Å². The highest BCUT2D eigenvalue weighted by Gasteiger charge is 2.20. The molecule has 1 aromatic rings. The highest BCUT2D eigenvalue weighted by Crippen LogP contribution is 2.29. The number of nitrogens with one attached hydrogen (secondary N) is 1. The van der Waals surface area contributed by atoms with Crippen molar-refractivity contribution in [1.29, 1.82) is 0 Å². The molecular formula is C11H13FN2S. The van der Waals surface area contributed by atoms with Crippen LogP contribution >= 0.6 is 12.2 Å². The van der Waals surface area contributed by atoms with E-state index in [9.17, 15) is 4.39 Å². The Bertz CT molecular complexity index is 388. The van der Waals surface area contributed by atoms with E-state index in [1.165, 1.54) is 18.9 Å². The maximum Gasteiger partial charge on any atom is 0.135 e. The summed E-state index contributed by atoms with van der Waals surface area (Å²) in [5.41, 5.74) is 6.47. The molecular weight excluding hydrogens is 211 g/mol. The summed E-state index contributed by atoms with van der Waals surface area (Å²) in [4.78, 5) is 0.0984. The standard InChI is InChI=1S/C11H13FN2S/c12-10-5-8(14-6-7-1-2-7)3-4-9(10)11(13)15/h3-5,7,14H,1-2,6H2,(H2,13,15). The fraction of sp³-hybridized carbons (Fsp3) is 0.364. The largest absolute Gasteiger partial charge is 0.389 e. The molecule has 0 atom stereocenters. The molecule has 2 rings (SSSR count). The summed E-state index contributed by atoms with van der Waals surface area (Å²) >= 11 is 4.73. The van der Waals surface area contributed by atoms with Crippen LogP contribution in [-0.4, -0.2) is 11.5 Å². The lowest BCUT2D eigenvalue weighted by atomic mass is 10.2. The van der Waals surface area contributed by atoms with Gasteiger partial charge in [0.2, 0.25) is 0 Å². The summed E-state index contributed by atoms with van der Waals surface area (Å²) in [6.07, 6.45) is 2.56. The van der Waals surface area contributed by atoms with E-state index >= 15 is 0 Å². The van der Waals surface area contributed by atoms with Crippen molar-refractivity contribution in [2.45, 2.75) is 12.8 Å². The molecule has 0 aliphatic heterocycles. The third kappa shape index (κ3) is 2.65. The second-order valence-corrected chi connectivity index (χ2v) is 4.32. The Balaban J connectivity index is 2.06. The summed E-state index contributed by atoms with van der Waals surface area (Å²) in [6.45, 7) is 0.922. The van der Waals surface area contributed by atoms with Crippen LogP contribution in [0.4, 0.5) is 10.1 Å². The average molecular weight is 224 g/mol. The van der Waals surface area contributed by atoms with Gasteiger partial charge in [0, 0.05) is 17.8 Å². The molecule has 0 aromatic heterocycles. The molecule has 0 heterocycles. The second kappa shape index (κ2) is 4.14. The first-order chi connectivity index (χ1) is 7.16. The topological polar surface area (TPSA) is 38.0 Å². The van der Waals surface area contributed by atoms with E-state index in [0.717, 1.165) is 18.2 Å². The lowest BCUT2D eigenvalue weighted by Crippen LogP contribution is -2.12. The third-order valence-electron chi connectivity index (χ3n) is 2.53. The van der Waals surface area contributed by atoms with Gasteiger partial charge < -0.3 is 11.1 Å². The predicted octanol–water partition coefficient (Wildman–Crippen LogP) is 2.28.